The van der Waals surface area contributed by atoms with E-state index in [1.165, 1.54) is 4.90 Å². The molecule has 0 aliphatic heterocycles. The van der Waals surface area contributed by atoms with Gasteiger partial charge in [-0.1, -0.05) is 31.2 Å². The highest BCUT2D eigenvalue weighted by Gasteiger charge is 2.10. The van der Waals surface area contributed by atoms with E-state index in [1.54, 1.807) is 30.8 Å². The number of rotatable bonds is 7. The first kappa shape index (κ1) is 18.5. The molecule has 4 nitrogen and oxygen atoms in total. The third-order valence-corrected chi connectivity index (χ3v) is 6.16. The number of sulfone groups is 1. The van der Waals surface area contributed by atoms with E-state index in [9.17, 15) is 13.2 Å². The Labute approximate surface area is 147 Å². The maximum atomic E-state index is 12.0. The van der Waals surface area contributed by atoms with Crippen LogP contribution in [0.3, 0.4) is 0 Å². The van der Waals surface area contributed by atoms with Gasteiger partial charge in [-0.25, -0.2) is 8.42 Å². The molecule has 0 aromatic heterocycles. The molecule has 0 fully saturated rings. The van der Waals surface area contributed by atoms with Crippen LogP contribution in [0.2, 0.25) is 0 Å². The highest BCUT2D eigenvalue weighted by atomic mass is 32.2. The number of hydrogen-bond acceptors (Lipinski definition) is 4. The Morgan fingerprint density at radius 2 is 1.54 bits per heavy atom. The van der Waals surface area contributed by atoms with Gasteiger partial charge >= 0.3 is 0 Å². The molecule has 0 bridgehead atoms. The monoisotopic (exact) mass is 363 g/mol. The van der Waals surface area contributed by atoms with Gasteiger partial charge in [-0.2, -0.15) is 0 Å². The molecule has 2 aromatic rings. The fraction of sp³-hybridized carbons (Fsp3) is 0.278. The van der Waals surface area contributed by atoms with Gasteiger partial charge in [0.25, 0.3) is 5.91 Å². The predicted molar refractivity (Wildman–Crippen MR) is 100 cm³/mol. The van der Waals surface area contributed by atoms with Gasteiger partial charge in [-0.3, -0.25) is 4.79 Å². The normalized spacial score (nSPS) is 11.2. The zero-order valence-corrected chi connectivity index (χ0v) is 15.4. The van der Waals surface area contributed by atoms with Gasteiger partial charge in [0.15, 0.2) is 9.84 Å². The van der Waals surface area contributed by atoms with Crippen LogP contribution < -0.4 is 5.32 Å². The summed E-state index contributed by atoms with van der Waals surface area (Å²) in [5, 5.41) is 2.64. The molecule has 0 unspecified atom stereocenters. The van der Waals surface area contributed by atoms with Crippen LogP contribution in [-0.4, -0.2) is 38.6 Å². The van der Waals surface area contributed by atoms with Crippen molar-refractivity contribution < 1.29 is 13.2 Å². The lowest BCUT2D eigenvalue weighted by molar-refractivity contribution is 0.0956. The Morgan fingerprint density at radius 3 is 2.04 bits per heavy atom. The summed E-state index contributed by atoms with van der Waals surface area (Å²) < 4.78 is 22.8. The lowest BCUT2D eigenvalue weighted by Gasteiger charge is -2.07. The maximum Gasteiger partial charge on any atom is 0.251 e. The van der Waals surface area contributed by atoms with E-state index in [-0.39, 0.29) is 24.0 Å². The summed E-state index contributed by atoms with van der Waals surface area (Å²) in [5.74, 6) is -0.201. The third-order valence-electron chi connectivity index (χ3n) is 3.71. The van der Waals surface area contributed by atoms with Gasteiger partial charge < -0.3 is 5.32 Å². The zero-order chi connectivity index (χ0) is 17.6. The summed E-state index contributed by atoms with van der Waals surface area (Å²) in [6, 6.07) is 15.5. The smallest absolute Gasteiger partial charge is 0.251 e. The third kappa shape index (κ3) is 5.11. The van der Waals surface area contributed by atoms with Gasteiger partial charge in [0.05, 0.1) is 5.75 Å². The summed E-state index contributed by atoms with van der Waals surface area (Å²) in [6.07, 6.45) is 2.04. The number of benzene rings is 2. The van der Waals surface area contributed by atoms with Crippen LogP contribution in [0.15, 0.2) is 53.4 Å². The molecule has 0 saturated heterocycles. The first-order valence-corrected chi connectivity index (χ1v) is 10.7. The second-order valence-electron chi connectivity index (χ2n) is 5.30. The second-order valence-corrected chi connectivity index (χ2v) is 8.65. The standard InChI is InChI=1S/C18H21NO3S2/c1-3-24(21,22)13-12-19-18(20)16-6-4-14(5-7-16)15-8-10-17(23-2)11-9-15/h4-11H,3,12-13H2,1-2H3,(H,19,20). The van der Waals surface area contributed by atoms with E-state index in [4.69, 9.17) is 0 Å². The first-order valence-electron chi connectivity index (χ1n) is 7.68. The number of carbonyl (C=O) groups is 1. The van der Waals surface area contributed by atoms with Gasteiger partial charge in [0.2, 0.25) is 0 Å². The van der Waals surface area contributed by atoms with E-state index in [1.807, 2.05) is 18.4 Å². The molecule has 0 spiro atoms. The van der Waals surface area contributed by atoms with Crippen LogP contribution in [0.25, 0.3) is 11.1 Å². The number of nitrogens with one attached hydrogen (secondary N) is 1. The second kappa shape index (κ2) is 8.35. The van der Waals surface area contributed by atoms with Crippen molar-refractivity contribution in [3.8, 4) is 11.1 Å². The van der Waals surface area contributed by atoms with Crippen molar-refractivity contribution >= 4 is 27.5 Å². The van der Waals surface area contributed by atoms with Crippen LogP contribution in [0.5, 0.6) is 0 Å². The molecule has 24 heavy (non-hydrogen) atoms. The molecular formula is C18H21NO3S2. The SMILES string of the molecule is CCS(=O)(=O)CCNC(=O)c1ccc(-c2ccc(SC)cc2)cc1. The fourth-order valence-corrected chi connectivity index (χ4v) is 3.27. The van der Waals surface area contributed by atoms with Gasteiger partial charge in [-0.05, 0) is 41.6 Å². The maximum absolute atomic E-state index is 12.0. The largest absolute Gasteiger partial charge is 0.351 e. The number of carbonyl (C=O) groups excluding carboxylic acids is 1. The van der Waals surface area contributed by atoms with Crippen LogP contribution in [0.1, 0.15) is 17.3 Å². The van der Waals surface area contributed by atoms with Crippen LogP contribution in [-0.2, 0) is 9.84 Å². The minimum Gasteiger partial charge on any atom is -0.351 e. The molecule has 0 aliphatic carbocycles. The summed E-state index contributed by atoms with van der Waals surface area (Å²) in [7, 11) is -3.06. The first-order chi connectivity index (χ1) is 11.4. The lowest BCUT2D eigenvalue weighted by atomic mass is 10.0. The van der Waals surface area contributed by atoms with Crippen LogP contribution >= 0.6 is 11.8 Å². The highest BCUT2D eigenvalue weighted by Crippen LogP contribution is 2.23. The predicted octanol–water partition coefficient (Wildman–Crippen LogP) is 3.24. The quantitative estimate of drug-likeness (QED) is 0.767. The van der Waals surface area contributed by atoms with Crippen molar-refractivity contribution in [1.29, 1.82) is 0 Å². The zero-order valence-electron chi connectivity index (χ0n) is 13.8. The topological polar surface area (TPSA) is 63.2 Å². The minimum atomic E-state index is -3.06. The van der Waals surface area contributed by atoms with Gasteiger partial charge in [0, 0.05) is 22.8 Å². The summed E-state index contributed by atoms with van der Waals surface area (Å²) in [4.78, 5) is 13.2. The average molecular weight is 364 g/mol. The molecule has 2 aromatic carbocycles. The molecule has 1 amide bonds. The summed E-state index contributed by atoms with van der Waals surface area (Å²) in [5.41, 5.74) is 2.65. The molecule has 1 N–H and O–H groups in total. The molecule has 0 saturated carbocycles. The van der Waals surface area contributed by atoms with Crippen LogP contribution in [0, 0.1) is 0 Å². The number of amides is 1. The van der Waals surface area contributed by atoms with E-state index in [0.29, 0.717) is 5.56 Å². The Balaban J connectivity index is 1.99. The van der Waals surface area contributed by atoms with Crippen molar-refractivity contribution in [2.75, 3.05) is 24.3 Å². The van der Waals surface area contributed by atoms with Crippen LogP contribution in [0.4, 0.5) is 0 Å². The van der Waals surface area contributed by atoms with E-state index < -0.39 is 9.84 Å². The molecule has 0 atom stereocenters. The molecule has 2 rings (SSSR count). The average Bonchev–Trinajstić information content (AvgIpc) is 2.61. The van der Waals surface area contributed by atoms with Crippen molar-refractivity contribution in [2.45, 2.75) is 11.8 Å². The summed E-state index contributed by atoms with van der Waals surface area (Å²) in [6.45, 7) is 1.73. The van der Waals surface area contributed by atoms with Crippen molar-refractivity contribution in [3.05, 3.63) is 54.1 Å². The van der Waals surface area contributed by atoms with Gasteiger partial charge in [-0.15, -0.1) is 11.8 Å². The number of hydrogen-bond donors (Lipinski definition) is 1. The Kier molecular flexibility index (Phi) is 6.45. The minimum absolute atomic E-state index is 0.0326. The van der Waals surface area contributed by atoms with Crippen molar-refractivity contribution in [2.24, 2.45) is 0 Å². The van der Waals surface area contributed by atoms with E-state index >= 15 is 0 Å². The summed E-state index contributed by atoms with van der Waals surface area (Å²) >= 11 is 1.69. The Hall–Kier alpha value is -1.79. The fourth-order valence-electron chi connectivity index (χ4n) is 2.16. The van der Waals surface area contributed by atoms with E-state index in [0.717, 1.165) is 11.1 Å². The van der Waals surface area contributed by atoms with Gasteiger partial charge in [0.1, 0.15) is 0 Å². The highest BCUT2D eigenvalue weighted by molar-refractivity contribution is 7.98. The Morgan fingerprint density at radius 1 is 1.00 bits per heavy atom. The number of thioether (sulfide) groups is 1. The van der Waals surface area contributed by atoms with E-state index in [2.05, 4.69) is 29.6 Å². The Bertz CT molecular complexity index is 782. The van der Waals surface area contributed by atoms with Crippen molar-refractivity contribution in [1.82, 2.24) is 5.32 Å². The van der Waals surface area contributed by atoms with Crippen molar-refractivity contribution in [3.63, 3.8) is 0 Å². The molecule has 0 radical (unpaired) electrons. The molecule has 6 heteroatoms. The molecular weight excluding hydrogens is 342 g/mol. The lowest BCUT2D eigenvalue weighted by Crippen LogP contribution is -2.29. The molecule has 128 valence electrons. The molecule has 0 heterocycles. The molecule has 0 aliphatic rings.